The van der Waals surface area contributed by atoms with Crippen molar-refractivity contribution in [2.75, 3.05) is 5.75 Å². The second-order valence-corrected chi connectivity index (χ2v) is 8.30. The molecule has 2 aromatic carbocycles. The third-order valence-electron chi connectivity index (χ3n) is 4.13. The predicted molar refractivity (Wildman–Crippen MR) is 118 cm³/mol. The number of Topliss-reactive ketones (excluding diaryl/α,β-unsaturated/α-hetero) is 1. The van der Waals surface area contributed by atoms with Gasteiger partial charge in [0.25, 0.3) is 0 Å². The Balaban J connectivity index is 1.72. The fourth-order valence-electron chi connectivity index (χ4n) is 2.71. The lowest BCUT2D eigenvalue weighted by Gasteiger charge is -2.16. The van der Waals surface area contributed by atoms with Crippen LogP contribution in [0.25, 0.3) is 0 Å². The van der Waals surface area contributed by atoms with E-state index in [4.69, 9.17) is 39.5 Å². The van der Waals surface area contributed by atoms with E-state index < -0.39 is 0 Å². The Bertz CT molecular complexity index is 1030. The first kappa shape index (κ1) is 22.0. The average Bonchev–Trinajstić information content (AvgIpc) is 3.11. The molecule has 0 aliphatic rings. The van der Waals surface area contributed by atoms with Crippen LogP contribution in [0.3, 0.4) is 0 Å². The maximum absolute atomic E-state index is 12.5. The number of hydrogen-bond donors (Lipinski definition) is 0. The van der Waals surface area contributed by atoms with Crippen molar-refractivity contribution < 1.29 is 9.53 Å². The quantitative estimate of drug-likeness (QED) is 0.283. The molecule has 1 heterocycles. The summed E-state index contributed by atoms with van der Waals surface area (Å²) in [5, 5.41) is 10.5. The van der Waals surface area contributed by atoms with Crippen molar-refractivity contribution in [3.63, 3.8) is 0 Å². The molecule has 0 amide bonds. The van der Waals surface area contributed by atoms with Gasteiger partial charge >= 0.3 is 0 Å². The maximum Gasteiger partial charge on any atom is 0.191 e. The number of thioether (sulfide) groups is 1. The topological polar surface area (TPSA) is 57.0 Å². The predicted octanol–water partition coefficient (Wildman–Crippen LogP) is 6.37. The molecule has 29 heavy (non-hydrogen) atoms. The van der Waals surface area contributed by atoms with Gasteiger partial charge in [-0.3, -0.25) is 4.79 Å². The van der Waals surface area contributed by atoms with Crippen LogP contribution < -0.4 is 4.74 Å². The molecular formula is C20H18Cl3N3O2S. The summed E-state index contributed by atoms with van der Waals surface area (Å²) in [7, 11) is 0. The number of para-hydroxylation sites is 1. The van der Waals surface area contributed by atoms with Crippen LogP contribution in [0.15, 0.2) is 47.6 Å². The molecule has 0 bridgehead atoms. The minimum atomic E-state index is -0.363. The summed E-state index contributed by atoms with van der Waals surface area (Å²) in [5.41, 5.74) is 0.432. The van der Waals surface area contributed by atoms with Gasteiger partial charge in [0, 0.05) is 17.1 Å². The molecule has 1 unspecified atom stereocenters. The number of ketones is 1. The number of hydrogen-bond acceptors (Lipinski definition) is 5. The summed E-state index contributed by atoms with van der Waals surface area (Å²) in [6.45, 7) is 4.50. The number of aromatic nitrogens is 3. The highest BCUT2D eigenvalue weighted by Gasteiger charge is 2.21. The zero-order chi connectivity index (χ0) is 21.0. The molecule has 152 valence electrons. The number of ether oxygens (including phenoxy) is 1. The molecule has 0 saturated carbocycles. The van der Waals surface area contributed by atoms with Crippen molar-refractivity contribution in [3.8, 4) is 5.75 Å². The molecule has 0 spiro atoms. The zero-order valence-corrected chi connectivity index (χ0v) is 18.8. The van der Waals surface area contributed by atoms with Gasteiger partial charge in [-0.25, -0.2) is 0 Å². The van der Waals surface area contributed by atoms with Crippen LogP contribution in [-0.2, 0) is 6.54 Å². The van der Waals surface area contributed by atoms with Crippen LogP contribution in [0.4, 0.5) is 0 Å². The Morgan fingerprint density at radius 3 is 2.59 bits per heavy atom. The molecule has 1 aromatic heterocycles. The Morgan fingerprint density at radius 1 is 1.14 bits per heavy atom. The summed E-state index contributed by atoms with van der Waals surface area (Å²) in [4.78, 5) is 12.5. The molecule has 0 radical (unpaired) electrons. The number of carbonyl (C=O) groups excluding carboxylic acids is 1. The Morgan fingerprint density at radius 2 is 1.90 bits per heavy atom. The van der Waals surface area contributed by atoms with E-state index >= 15 is 0 Å². The molecule has 0 fully saturated rings. The molecular weight excluding hydrogens is 453 g/mol. The first-order valence-corrected chi connectivity index (χ1v) is 11.0. The smallest absolute Gasteiger partial charge is 0.191 e. The number of halogens is 3. The molecule has 1 atom stereocenters. The monoisotopic (exact) mass is 469 g/mol. The van der Waals surface area contributed by atoms with Crippen LogP contribution in [0, 0.1) is 0 Å². The van der Waals surface area contributed by atoms with Crippen molar-refractivity contribution in [1.82, 2.24) is 14.8 Å². The molecule has 3 rings (SSSR count). The van der Waals surface area contributed by atoms with E-state index in [2.05, 4.69) is 10.2 Å². The van der Waals surface area contributed by atoms with E-state index in [-0.39, 0.29) is 17.6 Å². The van der Waals surface area contributed by atoms with E-state index in [1.165, 1.54) is 11.8 Å². The van der Waals surface area contributed by atoms with Gasteiger partial charge in [-0.05, 0) is 44.2 Å². The molecule has 0 aliphatic carbocycles. The Hall–Kier alpha value is -1.73. The summed E-state index contributed by atoms with van der Waals surface area (Å²) in [6.07, 6.45) is -0.363. The van der Waals surface area contributed by atoms with E-state index in [0.717, 1.165) is 0 Å². The average molecular weight is 471 g/mol. The highest BCUT2D eigenvalue weighted by molar-refractivity contribution is 7.99. The highest BCUT2D eigenvalue weighted by atomic mass is 35.5. The van der Waals surface area contributed by atoms with E-state index in [0.29, 0.717) is 43.9 Å². The van der Waals surface area contributed by atoms with Crippen molar-refractivity contribution in [3.05, 3.63) is 68.9 Å². The minimum Gasteiger partial charge on any atom is -0.481 e. The molecule has 0 N–H and O–H groups in total. The van der Waals surface area contributed by atoms with Crippen molar-refractivity contribution in [1.29, 1.82) is 0 Å². The molecule has 5 nitrogen and oxygen atoms in total. The number of rotatable bonds is 8. The van der Waals surface area contributed by atoms with Gasteiger partial charge in [-0.2, -0.15) is 0 Å². The first-order valence-electron chi connectivity index (χ1n) is 8.86. The molecule has 3 aromatic rings. The first-order chi connectivity index (χ1) is 13.9. The summed E-state index contributed by atoms with van der Waals surface area (Å²) in [6, 6.07) is 12.1. The van der Waals surface area contributed by atoms with Crippen LogP contribution >= 0.6 is 46.6 Å². The number of carbonyl (C=O) groups is 1. The second-order valence-electron chi connectivity index (χ2n) is 6.11. The standard InChI is InChI=1S/C20H18Cl3N3O2S/c1-3-26-19(12(2)28-18-7-5-4-6-15(18)22)24-25-20(26)29-11-17(27)14-9-8-13(21)10-16(14)23/h4-10,12H,3,11H2,1-2H3. The number of nitrogens with zero attached hydrogens (tertiary/aromatic N) is 3. The Kier molecular flexibility index (Phi) is 7.46. The SMILES string of the molecule is CCn1c(SCC(=O)c2ccc(Cl)cc2Cl)nnc1C(C)Oc1ccccc1Cl. The third kappa shape index (κ3) is 5.25. The molecule has 0 aliphatic heterocycles. The fraction of sp³-hybridized carbons (Fsp3) is 0.250. The van der Waals surface area contributed by atoms with Crippen molar-refractivity contribution in [2.24, 2.45) is 0 Å². The lowest BCUT2D eigenvalue weighted by molar-refractivity contribution is 0.102. The van der Waals surface area contributed by atoms with E-state index in [1.54, 1.807) is 30.3 Å². The normalized spacial score (nSPS) is 12.0. The van der Waals surface area contributed by atoms with Gasteiger partial charge in [-0.1, -0.05) is 58.7 Å². The summed E-state index contributed by atoms with van der Waals surface area (Å²) < 4.78 is 7.87. The Labute approximate surface area is 188 Å². The largest absolute Gasteiger partial charge is 0.481 e. The minimum absolute atomic E-state index is 0.107. The van der Waals surface area contributed by atoms with Gasteiger partial charge in [0.15, 0.2) is 22.9 Å². The van der Waals surface area contributed by atoms with Crippen LogP contribution in [0.1, 0.15) is 36.1 Å². The summed E-state index contributed by atoms with van der Waals surface area (Å²) in [5.74, 6) is 1.31. The lowest BCUT2D eigenvalue weighted by Crippen LogP contribution is -2.12. The van der Waals surface area contributed by atoms with E-state index in [1.807, 2.05) is 30.5 Å². The zero-order valence-electron chi connectivity index (χ0n) is 15.7. The lowest BCUT2D eigenvalue weighted by atomic mass is 10.1. The van der Waals surface area contributed by atoms with Gasteiger partial charge < -0.3 is 9.30 Å². The summed E-state index contributed by atoms with van der Waals surface area (Å²) >= 11 is 19.5. The van der Waals surface area contributed by atoms with Crippen LogP contribution in [-0.4, -0.2) is 26.3 Å². The van der Waals surface area contributed by atoms with Crippen LogP contribution in [0.2, 0.25) is 15.1 Å². The second kappa shape index (κ2) is 9.85. The highest BCUT2D eigenvalue weighted by Crippen LogP contribution is 2.30. The maximum atomic E-state index is 12.5. The molecule has 9 heteroatoms. The van der Waals surface area contributed by atoms with Gasteiger partial charge in [-0.15, -0.1) is 10.2 Å². The van der Waals surface area contributed by atoms with Gasteiger partial charge in [0.1, 0.15) is 5.75 Å². The molecule has 0 saturated heterocycles. The van der Waals surface area contributed by atoms with Crippen molar-refractivity contribution >= 4 is 52.3 Å². The van der Waals surface area contributed by atoms with Crippen LogP contribution in [0.5, 0.6) is 5.75 Å². The third-order valence-corrected chi connectivity index (χ3v) is 5.96. The van der Waals surface area contributed by atoms with Gasteiger partial charge in [0.05, 0.1) is 15.8 Å². The number of benzene rings is 2. The van der Waals surface area contributed by atoms with Crippen molar-refractivity contribution in [2.45, 2.75) is 31.7 Å². The van der Waals surface area contributed by atoms with E-state index in [9.17, 15) is 4.79 Å². The van der Waals surface area contributed by atoms with Gasteiger partial charge in [0.2, 0.25) is 0 Å². The fourth-order valence-corrected chi connectivity index (χ4v) is 4.30.